The number of anilines is 1. The van der Waals surface area contributed by atoms with Gasteiger partial charge in [-0.05, 0) is 26.3 Å². The average Bonchev–Trinajstić information content (AvgIpc) is 3.32. The molecule has 33 heavy (non-hydrogen) atoms. The molecule has 2 saturated heterocycles. The maximum Gasteiger partial charge on any atom is 0.397 e. The van der Waals surface area contributed by atoms with Crippen LogP contribution in [0.3, 0.4) is 0 Å². The maximum absolute atomic E-state index is 12.6. The molecule has 182 valence electrons. The van der Waals surface area contributed by atoms with Crippen molar-refractivity contribution in [2.75, 3.05) is 44.3 Å². The Bertz CT molecular complexity index is 1010. The molecular formula is C21H27F3N4O4S. The van der Waals surface area contributed by atoms with Gasteiger partial charge in [0.05, 0.1) is 12.0 Å². The number of halogens is 3. The molecule has 1 atom stereocenters. The molecule has 0 saturated carbocycles. The molecule has 0 radical (unpaired) electrons. The van der Waals surface area contributed by atoms with E-state index < -0.39 is 24.3 Å². The van der Waals surface area contributed by atoms with Crippen molar-refractivity contribution >= 4 is 33.3 Å². The fourth-order valence-corrected chi connectivity index (χ4v) is 4.83. The number of alkyl halides is 3. The predicted molar refractivity (Wildman–Crippen MR) is 117 cm³/mol. The highest BCUT2D eigenvalue weighted by atomic mass is 32.1. The van der Waals surface area contributed by atoms with Crippen LogP contribution < -0.4 is 9.64 Å². The lowest BCUT2D eigenvalue weighted by Gasteiger charge is -2.35. The first-order valence-electron chi connectivity index (χ1n) is 10.9. The van der Waals surface area contributed by atoms with Crippen LogP contribution in [0.15, 0.2) is 6.07 Å². The van der Waals surface area contributed by atoms with Crippen molar-refractivity contribution in [2.45, 2.75) is 51.7 Å². The second-order valence-corrected chi connectivity index (χ2v) is 9.65. The van der Waals surface area contributed by atoms with E-state index in [0.717, 1.165) is 21.5 Å². The van der Waals surface area contributed by atoms with Gasteiger partial charge < -0.3 is 24.0 Å². The van der Waals surface area contributed by atoms with E-state index in [0.29, 0.717) is 25.5 Å². The van der Waals surface area contributed by atoms with Crippen LogP contribution in [0, 0.1) is 0 Å². The number of piperazine rings is 1. The highest BCUT2D eigenvalue weighted by Gasteiger charge is 2.35. The van der Waals surface area contributed by atoms with Crippen molar-refractivity contribution in [3.8, 4) is 6.01 Å². The molecule has 1 amide bonds. The molecule has 2 aromatic rings. The summed E-state index contributed by atoms with van der Waals surface area (Å²) < 4.78 is 54.9. The number of carbonyl (C=O) groups is 1. The van der Waals surface area contributed by atoms with Gasteiger partial charge in [-0.2, -0.15) is 23.1 Å². The van der Waals surface area contributed by atoms with Gasteiger partial charge in [0.25, 0.3) is 0 Å². The van der Waals surface area contributed by atoms with Gasteiger partial charge in [-0.15, -0.1) is 11.3 Å². The number of carbonyl (C=O) groups excluding carboxylic acids is 1. The SMILES string of the molecule is CCc1cc2c(N3CCN(C(=O)CC(F)(F)F)CC3)nc(OC[C@H]3COC(C)(C)O3)nc2s1. The Morgan fingerprint density at radius 2 is 2.00 bits per heavy atom. The lowest BCUT2D eigenvalue weighted by atomic mass is 10.2. The monoisotopic (exact) mass is 488 g/mol. The van der Waals surface area contributed by atoms with E-state index in [1.165, 1.54) is 4.90 Å². The lowest BCUT2D eigenvalue weighted by Crippen LogP contribution is -2.49. The predicted octanol–water partition coefficient (Wildman–Crippen LogP) is 3.39. The molecule has 2 aliphatic heterocycles. The van der Waals surface area contributed by atoms with Gasteiger partial charge in [-0.3, -0.25) is 4.79 Å². The van der Waals surface area contributed by atoms with E-state index in [2.05, 4.69) is 16.9 Å². The number of hydrogen-bond acceptors (Lipinski definition) is 8. The van der Waals surface area contributed by atoms with Crippen molar-refractivity contribution < 1.29 is 32.2 Å². The number of aromatic nitrogens is 2. The molecule has 12 heteroatoms. The molecule has 2 aromatic heterocycles. The summed E-state index contributed by atoms with van der Waals surface area (Å²) in [5.74, 6) is -0.890. The number of nitrogens with zero attached hydrogens (tertiary/aromatic N) is 4. The van der Waals surface area contributed by atoms with Crippen LogP contribution in [0.4, 0.5) is 19.0 Å². The third-order valence-corrected chi connectivity index (χ3v) is 6.67. The van der Waals surface area contributed by atoms with E-state index in [4.69, 9.17) is 14.2 Å². The molecular weight excluding hydrogens is 461 g/mol. The van der Waals surface area contributed by atoms with Gasteiger partial charge in [0, 0.05) is 31.1 Å². The van der Waals surface area contributed by atoms with E-state index in [9.17, 15) is 18.0 Å². The molecule has 4 heterocycles. The van der Waals surface area contributed by atoms with Crippen LogP contribution in [-0.4, -0.2) is 78.2 Å². The van der Waals surface area contributed by atoms with E-state index in [1.807, 2.05) is 24.8 Å². The van der Waals surface area contributed by atoms with Crippen LogP contribution in [0.25, 0.3) is 10.2 Å². The van der Waals surface area contributed by atoms with Crippen molar-refractivity contribution in [1.82, 2.24) is 14.9 Å². The van der Waals surface area contributed by atoms with Crippen LogP contribution in [-0.2, 0) is 20.7 Å². The fraction of sp³-hybridized carbons (Fsp3) is 0.667. The average molecular weight is 489 g/mol. The van der Waals surface area contributed by atoms with Crippen molar-refractivity contribution in [3.63, 3.8) is 0 Å². The number of ether oxygens (including phenoxy) is 3. The smallest absolute Gasteiger partial charge is 0.397 e. The van der Waals surface area contributed by atoms with Crippen molar-refractivity contribution in [3.05, 3.63) is 10.9 Å². The highest BCUT2D eigenvalue weighted by Crippen LogP contribution is 2.34. The van der Waals surface area contributed by atoms with Gasteiger partial charge in [-0.25, -0.2) is 0 Å². The first-order valence-corrected chi connectivity index (χ1v) is 11.7. The zero-order valence-electron chi connectivity index (χ0n) is 18.8. The Hall–Kier alpha value is -2.18. The zero-order valence-corrected chi connectivity index (χ0v) is 19.6. The number of thiophene rings is 1. The molecule has 0 aliphatic carbocycles. The van der Waals surface area contributed by atoms with Gasteiger partial charge in [0.2, 0.25) is 5.91 Å². The van der Waals surface area contributed by atoms with Crippen molar-refractivity contribution in [1.29, 1.82) is 0 Å². The molecule has 2 fully saturated rings. The summed E-state index contributed by atoms with van der Waals surface area (Å²) in [6.07, 6.45) is -5.33. The third kappa shape index (κ3) is 5.85. The van der Waals surface area contributed by atoms with Crippen LogP contribution in [0.5, 0.6) is 6.01 Å². The Labute approximate surface area is 193 Å². The second-order valence-electron chi connectivity index (χ2n) is 8.54. The lowest BCUT2D eigenvalue weighted by molar-refractivity contribution is -0.161. The number of amides is 1. The summed E-state index contributed by atoms with van der Waals surface area (Å²) in [5.41, 5.74) is 0. The molecule has 0 N–H and O–H groups in total. The first kappa shape index (κ1) is 24.0. The summed E-state index contributed by atoms with van der Waals surface area (Å²) >= 11 is 1.56. The maximum atomic E-state index is 12.6. The van der Waals surface area contributed by atoms with Gasteiger partial charge in [-0.1, -0.05) is 6.92 Å². The topological polar surface area (TPSA) is 77.0 Å². The van der Waals surface area contributed by atoms with Crippen molar-refractivity contribution in [2.24, 2.45) is 0 Å². The van der Waals surface area contributed by atoms with Crippen LogP contribution >= 0.6 is 11.3 Å². The number of fused-ring (bicyclic) bond motifs is 1. The molecule has 4 rings (SSSR count). The number of aryl methyl sites for hydroxylation is 1. The fourth-order valence-electron chi connectivity index (χ4n) is 3.88. The molecule has 0 unspecified atom stereocenters. The molecule has 8 nitrogen and oxygen atoms in total. The van der Waals surface area contributed by atoms with Gasteiger partial charge >= 0.3 is 12.2 Å². The summed E-state index contributed by atoms with van der Waals surface area (Å²) in [4.78, 5) is 26.3. The summed E-state index contributed by atoms with van der Waals surface area (Å²) in [6, 6.07) is 2.25. The Morgan fingerprint density at radius 1 is 1.27 bits per heavy atom. The van der Waals surface area contributed by atoms with E-state index >= 15 is 0 Å². The molecule has 0 spiro atoms. The standard InChI is InChI=1S/C21H27F3N4O4S/c1-4-14-9-15-17(28-7-5-27(6-8-28)16(29)10-21(22,23)24)25-19(26-18(15)33-14)30-11-13-12-31-20(2,3)32-13/h9,13H,4-8,10-12H2,1-3H3/t13-/m0/s1. The normalized spacial score (nSPS) is 21.1. The minimum absolute atomic E-state index is 0.198. The molecule has 0 aromatic carbocycles. The number of rotatable bonds is 6. The summed E-state index contributed by atoms with van der Waals surface area (Å²) in [5, 5.41) is 0.876. The second kappa shape index (κ2) is 9.22. The van der Waals surface area contributed by atoms with Crippen LogP contribution in [0.2, 0.25) is 0 Å². The highest BCUT2D eigenvalue weighted by molar-refractivity contribution is 7.18. The summed E-state index contributed by atoms with van der Waals surface area (Å²) in [6.45, 7) is 7.53. The Kier molecular flexibility index (Phi) is 6.70. The van der Waals surface area contributed by atoms with Crippen LogP contribution in [0.1, 0.15) is 32.1 Å². The Balaban J connectivity index is 1.49. The minimum Gasteiger partial charge on any atom is -0.461 e. The van der Waals surface area contributed by atoms with Gasteiger partial charge in [0.15, 0.2) is 5.79 Å². The zero-order chi connectivity index (χ0) is 23.8. The third-order valence-electron chi connectivity index (χ3n) is 5.50. The number of hydrogen-bond donors (Lipinski definition) is 0. The largest absolute Gasteiger partial charge is 0.461 e. The van der Waals surface area contributed by atoms with E-state index in [-0.39, 0.29) is 31.8 Å². The van der Waals surface area contributed by atoms with Gasteiger partial charge in [0.1, 0.15) is 29.8 Å². The first-order chi connectivity index (χ1) is 15.5. The minimum atomic E-state index is -4.50. The molecule has 2 aliphatic rings. The molecule has 0 bridgehead atoms. The quantitative estimate of drug-likeness (QED) is 0.617. The Morgan fingerprint density at radius 3 is 2.61 bits per heavy atom. The van der Waals surface area contributed by atoms with E-state index in [1.54, 1.807) is 11.3 Å². The summed E-state index contributed by atoms with van der Waals surface area (Å²) in [7, 11) is 0.